The van der Waals surface area contributed by atoms with Gasteiger partial charge in [-0.25, -0.2) is 0 Å². The molecule has 0 bridgehead atoms. The average Bonchev–Trinajstić information content (AvgIpc) is 3.27. The Morgan fingerprint density at radius 1 is 1.33 bits per heavy atom. The van der Waals surface area contributed by atoms with Crippen LogP contribution < -0.4 is 5.32 Å². The molecule has 21 heavy (non-hydrogen) atoms. The van der Waals surface area contributed by atoms with E-state index in [1.54, 1.807) is 4.90 Å². The molecule has 1 N–H and O–H groups in total. The summed E-state index contributed by atoms with van der Waals surface area (Å²) < 4.78 is 5.25. The standard InChI is InChI=1S/C16H20N2O3/c1-11-2-4-12(5-3-11)8-18-14(9-21-10-15(18)19)16(20)17-13-6-7-13/h2-5,13-14H,6-10H2,1H3,(H,17,20)/t14-/m0/s1. The van der Waals surface area contributed by atoms with Crippen LogP contribution in [0.25, 0.3) is 0 Å². The summed E-state index contributed by atoms with van der Waals surface area (Å²) in [6.45, 7) is 2.80. The predicted molar refractivity (Wildman–Crippen MR) is 77.5 cm³/mol. The van der Waals surface area contributed by atoms with Gasteiger partial charge < -0.3 is 15.0 Å². The van der Waals surface area contributed by atoms with Crippen molar-refractivity contribution in [3.8, 4) is 0 Å². The number of morpholine rings is 1. The minimum absolute atomic E-state index is 0.0546. The van der Waals surface area contributed by atoms with E-state index in [0.29, 0.717) is 6.54 Å². The number of hydrogen-bond donors (Lipinski definition) is 1. The van der Waals surface area contributed by atoms with Gasteiger partial charge in [-0.15, -0.1) is 0 Å². The highest BCUT2D eigenvalue weighted by molar-refractivity contribution is 5.89. The molecule has 1 heterocycles. The van der Waals surface area contributed by atoms with Gasteiger partial charge >= 0.3 is 0 Å². The fourth-order valence-corrected chi connectivity index (χ4v) is 2.44. The number of hydrogen-bond acceptors (Lipinski definition) is 3. The van der Waals surface area contributed by atoms with Crippen molar-refractivity contribution in [2.24, 2.45) is 0 Å². The van der Waals surface area contributed by atoms with Gasteiger partial charge in [0.25, 0.3) is 0 Å². The Balaban J connectivity index is 1.72. The Hall–Kier alpha value is -1.88. The summed E-state index contributed by atoms with van der Waals surface area (Å²) in [4.78, 5) is 26.0. The normalized spacial score (nSPS) is 22.2. The Kier molecular flexibility index (Phi) is 3.92. The van der Waals surface area contributed by atoms with E-state index in [4.69, 9.17) is 4.74 Å². The Bertz CT molecular complexity index is 537. The fraction of sp³-hybridized carbons (Fsp3) is 0.500. The minimum atomic E-state index is -0.520. The van der Waals surface area contributed by atoms with Gasteiger partial charge in [-0.2, -0.15) is 0 Å². The quantitative estimate of drug-likeness (QED) is 0.899. The summed E-state index contributed by atoms with van der Waals surface area (Å²) in [6, 6.07) is 7.78. The molecule has 1 atom stereocenters. The highest BCUT2D eigenvalue weighted by atomic mass is 16.5. The molecule has 5 heteroatoms. The molecule has 5 nitrogen and oxygen atoms in total. The highest BCUT2D eigenvalue weighted by Gasteiger charge is 2.36. The molecule has 1 aromatic rings. The number of benzene rings is 1. The van der Waals surface area contributed by atoms with E-state index in [-0.39, 0.29) is 31.1 Å². The SMILES string of the molecule is Cc1ccc(CN2C(=O)COC[C@H]2C(=O)NC2CC2)cc1. The molecule has 0 radical (unpaired) electrons. The summed E-state index contributed by atoms with van der Waals surface area (Å²) in [6.07, 6.45) is 2.07. The first-order chi connectivity index (χ1) is 10.1. The molecule has 1 aliphatic heterocycles. The van der Waals surface area contributed by atoms with Gasteiger partial charge in [-0.05, 0) is 25.3 Å². The molecule has 0 aromatic heterocycles. The van der Waals surface area contributed by atoms with Crippen molar-refractivity contribution >= 4 is 11.8 Å². The van der Waals surface area contributed by atoms with Crippen molar-refractivity contribution in [1.29, 1.82) is 0 Å². The molecule has 1 saturated heterocycles. The largest absolute Gasteiger partial charge is 0.369 e. The molecule has 0 spiro atoms. The smallest absolute Gasteiger partial charge is 0.249 e. The first-order valence-electron chi connectivity index (χ1n) is 7.36. The molecule has 1 aliphatic carbocycles. The zero-order valence-electron chi connectivity index (χ0n) is 12.2. The van der Waals surface area contributed by atoms with E-state index in [1.165, 1.54) is 5.56 Å². The number of aryl methyl sites for hydroxylation is 1. The lowest BCUT2D eigenvalue weighted by molar-refractivity contribution is -0.155. The molecule has 3 rings (SSSR count). The van der Waals surface area contributed by atoms with Crippen molar-refractivity contribution in [3.63, 3.8) is 0 Å². The van der Waals surface area contributed by atoms with Crippen LogP contribution in [0.4, 0.5) is 0 Å². The molecule has 2 fully saturated rings. The van der Waals surface area contributed by atoms with Crippen molar-refractivity contribution < 1.29 is 14.3 Å². The third-order valence-corrected chi connectivity index (χ3v) is 3.90. The monoisotopic (exact) mass is 288 g/mol. The van der Waals surface area contributed by atoms with Gasteiger partial charge in [-0.1, -0.05) is 29.8 Å². The third kappa shape index (κ3) is 3.42. The van der Waals surface area contributed by atoms with Crippen molar-refractivity contribution in [2.45, 2.75) is 38.4 Å². The molecule has 1 aromatic carbocycles. The third-order valence-electron chi connectivity index (χ3n) is 3.90. The van der Waals surface area contributed by atoms with E-state index in [9.17, 15) is 9.59 Å². The summed E-state index contributed by atoms with van der Waals surface area (Å²) in [5, 5.41) is 2.96. The van der Waals surface area contributed by atoms with Crippen LogP contribution in [-0.4, -0.2) is 42.0 Å². The van der Waals surface area contributed by atoms with Crippen LogP contribution in [0.5, 0.6) is 0 Å². The van der Waals surface area contributed by atoms with Gasteiger partial charge in [-0.3, -0.25) is 9.59 Å². The van der Waals surface area contributed by atoms with Gasteiger partial charge in [0.15, 0.2) is 0 Å². The van der Waals surface area contributed by atoms with Crippen LogP contribution in [0, 0.1) is 6.92 Å². The van der Waals surface area contributed by atoms with Gasteiger partial charge in [0.2, 0.25) is 11.8 Å². The zero-order valence-corrected chi connectivity index (χ0v) is 12.2. The number of rotatable bonds is 4. The maximum atomic E-state index is 12.3. The first kappa shape index (κ1) is 14.1. The van der Waals surface area contributed by atoms with Crippen molar-refractivity contribution in [3.05, 3.63) is 35.4 Å². The minimum Gasteiger partial charge on any atom is -0.369 e. The second-order valence-electron chi connectivity index (χ2n) is 5.82. The van der Waals surface area contributed by atoms with E-state index >= 15 is 0 Å². The van der Waals surface area contributed by atoms with E-state index < -0.39 is 6.04 Å². The number of ether oxygens (including phenoxy) is 1. The van der Waals surface area contributed by atoms with Gasteiger partial charge in [0.1, 0.15) is 12.6 Å². The molecular weight excluding hydrogens is 268 g/mol. The predicted octanol–water partition coefficient (Wildman–Crippen LogP) is 1.00. The number of carbonyl (C=O) groups excluding carboxylic acids is 2. The fourth-order valence-electron chi connectivity index (χ4n) is 2.44. The van der Waals surface area contributed by atoms with Crippen molar-refractivity contribution in [1.82, 2.24) is 10.2 Å². The summed E-state index contributed by atoms with van der Waals surface area (Å²) in [5.74, 6) is -0.226. The highest BCUT2D eigenvalue weighted by Crippen LogP contribution is 2.20. The zero-order chi connectivity index (χ0) is 14.8. The topological polar surface area (TPSA) is 58.6 Å². The summed E-state index contributed by atoms with van der Waals surface area (Å²) in [7, 11) is 0. The summed E-state index contributed by atoms with van der Waals surface area (Å²) >= 11 is 0. The lowest BCUT2D eigenvalue weighted by atomic mass is 10.1. The van der Waals surface area contributed by atoms with Crippen LogP contribution in [0.3, 0.4) is 0 Å². The molecule has 1 saturated carbocycles. The van der Waals surface area contributed by atoms with Gasteiger partial charge in [0, 0.05) is 12.6 Å². The first-order valence-corrected chi connectivity index (χ1v) is 7.36. The van der Waals surface area contributed by atoms with Crippen LogP contribution in [0.15, 0.2) is 24.3 Å². The Morgan fingerprint density at radius 2 is 2.05 bits per heavy atom. The molecular formula is C16H20N2O3. The van der Waals surface area contributed by atoms with Gasteiger partial charge in [0.05, 0.1) is 6.61 Å². The lowest BCUT2D eigenvalue weighted by Crippen LogP contribution is -2.56. The van der Waals surface area contributed by atoms with Crippen LogP contribution in [-0.2, 0) is 20.9 Å². The lowest BCUT2D eigenvalue weighted by Gasteiger charge is -2.34. The molecule has 2 amide bonds. The van der Waals surface area contributed by atoms with Crippen LogP contribution in [0.2, 0.25) is 0 Å². The average molecular weight is 288 g/mol. The Labute approximate surface area is 124 Å². The molecule has 112 valence electrons. The van der Waals surface area contributed by atoms with E-state index in [0.717, 1.165) is 18.4 Å². The van der Waals surface area contributed by atoms with Crippen LogP contribution >= 0.6 is 0 Å². The number of nitrogens with one attached hydrogen (secondary N) is 1. The molecule has 0 unspecified atom stereocenters. The summed E-state index contributed by atoms with van der Waals surface area (Å²) in [5.41, 5.74) is 2.20. The maximum Gasteiger partial charge on any atom is 0.249 e. The van der Waals surface area contributed by atoms with Crippen LogP contribution in [0.1, 0.15) is 24.0 Å². The van der Waals surface area contributed by atoms with E-state index in [1.807, 2.05) is 31.2 Å². The number of carbonyl (C=O) groups is 2. The second kappa shape index (κ2) is 5.85. The van der Waals surface area contributed by atoms with E-state index in [2.05, 4.69) is 5.32 Å². The second-order valence-corrected chi connectivity index (χ2v) is 5.82. The number of nitrogens with zero attached hydrogens (tertiary/aromatic N) is 1. The molecule has 2 aliphatic rings. The maximum absolute atomic E-state index is 12.3. The van der Waals surface area contributed by atoms with Crippen molar-refractivity contribution in [2.75, 3.05) is 13.2 Å². The Morgan fingerprint density at radius 3 is 2.71 bits per heavy atom. The number of amides is 2.